The molecule has 5 heteroatoms. The van der Waals surface area contributed by atoms with Crippen LogP contribution in [0.3, 0.4) is 0 Å². The Morgan fingerprint density at radius 2 is 2.54 bits per heavy atom. The molecule has 1 aliphatic heterocycles. The van der Waals surface area contributed by atoms with Crippen LogP contribution in [-0.2, 0) is 15.2 Å². The van der Waals surface area contributed by atoms with Crippen molar-refractivity contribution in [3.05, 3.63) is 9.90 Å². The molecule has 72 valence electrons. The van der Waals surface area contributed by atoms with Crippen LogP contribution in [0.2, 0.25) is 0 Å². The Morgan fingerprint density at radius 1 is 1.85 bits per heavy atom. The highest BCUT2D eigenvalue weighted by molar-refractivity contribution is 14.1. The van der Waals surface area contributed by atoms with Gasteiger partial charge in [-0.2, -0.15) is 0 Å². The van der Waals surface area contributed by atoms with Crippen LogP contribution in [0.5, 0.6) is 0 Å². The molecule has 2 rings (SSSR count). The van der Waals surface area contributed by atoms with Crippen molar-refractivity contribution in [2.45, 2.75) is 25.1 Å². The van der Waals surface area contributed by atoms with Crippen molar-refractivity contribution in [3.8, 4) is 5.18 Å². The van der Waals surface area contributed by atoms with Gasteiger partial charge in [-0.05, 0) is 33.9 Å². The average molecular weight is 308 g/mol. The highest BCUT2D eigenvalue weighted by Gasteiger charge is 2.20. The van der Waals surface area contributed by atoms with Gasteiger partial charge in [0, 0.05) is 0 Å². The monoisotopic (exact) mass is 308 g/mol. The molecule has 3 nitrogen and oxygen atoms in total. The van der Waals surface area contributed by atoms with Gasteiger partial charge in [0.05, 0.1) is 6.20 Å². The molecule has 0 amide bonds. The van der Waals surface area contributed by atoms with Crippen LogP contribution in [0.1, 0.15) is 20.3 Å². The first-order valence-corrected chi connectivity index (χ1v) is 6.67. The normalized spacial score (nSPS) is 20.2. The maximum Gasteiger partial charge on any atom is 0.143 e. The molecule has 0 aromatic carbocycles. The Hall–Kier alpha value is -0.0000000000000000833. The third-order valence-electron chi connectivity index (χ3n) is 2.43. The van der Waals surface area contributed by atoms with Crippen LogP contribution in [0, 0.1) is 8.89 Å². The fourth-order valence-corrected chi connectivity index (χ4v) is 3.15. The Kier molecular flexibility index (Phi) is 2.42. The summed E-state index contributed by atoms with van der Waals surface area (Å²) in [6, 6.07) is 0. The van der Waals surface area contributed by atoms with Gasteiger partial charge in [-0.1, -0.05) is 19.1 Å². The fourth-order valence-electron chi connectivity index (χ4n) is 1.26. The van der Waals surface area contributed by atoms with Crippen LogP contribution in [0.25, 0.3) is 0 Å². The van der Waals surface area contributed by atoms with Crippen molar-refractivity contribution >= 4 is 32.9 Å². The smallest absolute Gasteiger partial charge is 0.143 e. The molecule has 1 unspecified atom stereocenters. The van der Waals surface area contributed by atoms with E-state index in [1.54, 1.807) is 0 Å². The quantitative estimate of drug-likeness (QED) is 0.613. The number of hydrogen-bond donors (Lipinski definition) is 0. The molecule has 0 N–H and O–H groups in total. The maximum absolute atomic E-state index is 4.15. The molecule has 0 saturated carbocycles. The largest absolute Gasteiger partial charge is 0.421 e. The van der Waals surface area contributed by atoms with Gasteiger partial charge in [-0.25, -0.2) is 0 Å². The van der Waals surface area contributed by atoms with Gasteiger partial charge >= 0.3 is 0 Å². The molecule has 1 aliphatic rings. The van der Waals surface area contributed by atoms with Crippen molar-refractivity contribution in [1.29, 1.82) is 0 Å². The molecule has 0 fully saturated rings. The minimum Gasteiger partial charge on any atom is -0.421 e. The van der Waals surface area contributed by atoms with E-state index in [1.165, 1.54) is 0 Å². The van der Waals surface area contributed by atoms with E-state index in [0.29, 0.717) is 10.3 Å². The van der Waals surface area contributed by atoms with Crippen molar-refractivity contribution in [2.24, 2.45) is 0 Å². The molecule has 0 spiro atoms. The van der Waals surface area contributed by atoms with Crippen LogP contribution in [0.15, 0.2) is 6.20 Å². The van der Waals surface area contributed by atoms with E-state index in [2.05, 4.69) is 51.9 Å². The van der Waals surface area contributed by atoms with Crippen LogP contribution in [0.4, 0.5) is 0 Å². The molecule has 1 aromatic rings. The van der Waals surface area contributed by atoms with Gasteiger partial charge in [0.25, 0.3) is 0 Å². The van der Waals surface area contributed by atoms with Gasteiger partial charge < -0.3 is 15.5 Å². The zero-order valence-electron chi connectivity index (χ0n) is 7.62. The van der Waals surface area contributed by atoms with Crippen molar-refractivity contribution in [2.75, 3.05) is 5.75 Å². The van der Waals surface area contributed by atoms with E-state index in [9.17, 15) is 0 Å². The van der Waals surface area contributed by atoms with E-state index in [-0.39, 0.29) is 4.87 Å². The summed E-state index contributed by atoms with van der Waals surface area (Å²) in [5.41, 5.74) is 0. The first kappa shape index (κ1) is 9.55. The molecular formula is C8H11IN3S-. The minimum absolute atomic E-state index is 0.121. The maximum atomic E-state index is 4.15. The Bertz CT molecular complexity index is 414. The van der Waals surface area contributed by atoms with Crippen molar-refractivity contribution in [1.82, 2.24) is 15.0 Å². The Balaban J connectivity index is 2.38. The van der Waals surface area contributed by atoms with Crippen LogP contribution < -0.4 is 0 Å². The Morgan fingerprint density at radius 3 is 2.92 bits per heavy atom. The summed E-state index contributed by atoms with van der Waals surface area (Å²) >= 11 is 2.19. The van der Waals surface area contributed by atoms with E-state index in [4.69, 9.17) is 0 Å². The number of aromatic nitrogens is 3. The van der Waals surface area contributed by atoms with Gasteiger partial charge in [0.2, 0.25) is 0 Å². The third kappa shape index (κ3) is 1.65. The average Bonchev–Trinajstić information content (AvgIpc) is 2.89. The fraction of sp³-hybridized carbons (Fsp3) is 0.625. The number of nitrogens with zero attached hydrogens (tertiary/aromatic N) is 3. The van der Waals surface area contributed by atoms with Crippen LogP contribution in [-0.4, -0.2) is 20.7 Å². The minimum atomic E-state index is 0.121. The Labute approximate surface area is 93.6 Å². The van der Waals surface area contributed by atoms with Gasteiger partial charge in [0.1, 0.15) is 3.70 Å². The molecule has 2 heterocycles. The molecule has 0 radical (unpaired) electrons. The lowest BCUT2D eigenvalue weighted by atomic mass is 10.2. The zero-order chi connectivity index (χ0) is 9.47. The molecule has 1 aromatic heterocycles. The number of rotatable bonds is 2. The second-order valence-corrected chi connectivity index (χ2v) is 6.54. The summed E-state index contributed by atoms with van der Waals surface area (Å²) in [4.78, 5) is 0.121. The summed E-state index contributed by atoms with van der Waals surface area (Å²) in [5, 5.41) is 11.5. The molecule has 13 heavy (non-hydrogen) atoms. The summed E-state index contributed by atoms with van der Waals surface area (Å²) in [6.07, 6.45) is 3.10. The van der Waals surface area contributed by atoms with Crippen molar-refractivity contribution < 1.29 is 0 Å². The highest BCUT2D eigenvalue weighted by Crippen LogP contribution is 2.28. The molecule has 0 aliphatic carbocycles. The van der Waals surface area contributed by atoms with E-state index < -0.39 is 0 Å². The topological polar surface area (TPSA) is 30.7 Å². The number of halogens is 1. The third-order valence-corrected chi connectivity index (χ3v) is 5.03. The predicted molar refractivity (Wildman–Crippen MR) is 62.8 cm³/mol. The summed E-state index contributed by atoms with van der Waals surface area (Å²) in [5.74, 6) is 1.13. The lowest BCUT2D eigenvalue weighted by molar-refractivity contribution is 0.412. The summed E-state index contributed by atoms with van der Waals surface area (Å²) in [6.45, 7) is 4.43. The van der Waals surface area contributed by atoms with Gasteiger partial charge in [-0.15, -0.1) is 10.9 Å². The predicted octanol–water partition coefficient (Wildman–Crippen LogP) is 1.56. The molecular weight excluding hydrogens is 297 g/mol. The van der Waals surface area contributed by atoms with Gasteiger partial charge in [-0.3, -0.25) is 4.68 Å². The first-order chi connectivity index (χ1) is 6.16. The lowest BCUT2D eigenvalue weighted by Gasteiger charge is -2.35. The number of hydrogen-bond acceptors (Lipinski definition) is 3. The van der Waals surface area contributed by atoms with E-state index >= 15 is 0 Å². The second kappa shape index (κ2) is 3.29. The van der Waals surface area contributed by atoms with E-state index in [1.807, 2.05) is 10.9 Å². The van der Waals surface area contributed by atoms with Crippen molar-refractivity contribution in [3.63, 3.8) is 0 Å². The van der Waals surface area contributed by atoms with Crippen LogP contribution >= 0.6 is 22.6 Å². The molecule has 0 saturated heterocycles. The zero-order valence-corrected chi connectivity index (χ0v) is 10.6. The summed E-state index contributed by atoms with van der Waals surface area (Å²) < 4.78 is 2.96. The van der Waals surface area contributed by atoms with E-state index in [0.717, 1.165) is 15.9 Å². The molecule has 1 atom stereocenters. The SMILES string of the molecule is CCC(C)(n1cc(I)nn1)[S-]1#CC1. The second-order valence-electron chi connectivity index (χ2n) is 3.19. The summed E-state index contributed by atoms with van der Waals surface area (Å²) in [7, 11) is 0.301. The first-order valence-electron chi connectivity index (χ1n) is 4.19. The lowest BCUT2D eigenvalue weighted by Crippen LogP contribution is -2.31. The molecule has 0 bridgehead atoms. The highest BCUT2D eigenvalue weighted by atomic mass is 127. The standard InChI is InChI=1S/C8H11IN3S/c1-3-8(2,13-4-5-13)12-6-7(9)10-11-12/h6H,3-4H2,1-2H3/q-1. The van der Waals surface area contributed by atoms with Gasteiger partial charge in [0.15, 0.2) is 0 Å².